The van der Waals surface area contributed by atoms with Crippen LogP contribution in [0.15, 0.2) is 156 Å². The molecule has 3 aromatic heterocycles. The number of nitrogens with zero attached hydrogens (tertiary/aromatic N) is 2. The maximum Gasteiger partial charge on any atom is 0.143 e. The minimum absolute atomic E-state index is 0.905. The van der Waals surface area contributed by atoms with Gasteiger partial charge in [-0.25, -0.2) is 9.97 Å². The molecule has 0 spiro atoms. The Morgan fingerprint density at radius 3 is 1.92 bits per heavy atom. The van der Waals surface area contributed by atoms with Gasteiger partial charge in [0, 0.05) is 43.4 Å². The molecule has 3 heterocycles. The number of fused-ring (bicyclic) bond motifs is 12. The molecule has 13 rings (SSSR count). The Morgan fingerprint density at radius 2 is 1.11 bits per heavy atom. The highest BCUT2D eigenvalue weighted by Crippen LogP contribution is 2.44. The summed E-state index contributed by atoms with van der Waals surface area (Å²) >= 11 is 0. The van der Waals surface area contributed by atoms with E-state index in [1.54, 1.807) is 0 Å². The van der Waals surface area contributed by atoms with E-state index in [1.165, 1.54) is 71.6 Å². The van der Waals surface area contributed by atoms with Crippen molar-refractivity contribution in [1.29, 1.82) is 0 Å². The molecule has 0 amide bonds. The fourth-order valence-electron chi connectivity index (χ4n) is 10.4. The fourth-order valence-corrected chi connectivity index (χ4v) is 10.4. The molecule has 3 heteroatoms. The third-order valence-electron chi connectivity index (χ3n) is 13.5. The lowest BCUT2D eigenvalue weighted by molar-refractivity contribution is 0.672. The van der Waals surface area contributed by atoms with E-state index in [0.717, 1.165) is 99.6 Å². The van der Waals surface area contributed by atoms with Gasteiger partial charge in [-0.05, 0) is 136 Å². The average molecular weight is 781 g/mol. The van der Waals surface area contributed by atoms with Crippen LogP contribution < -0.4 is 0 Å². The molecule has 3 nitrogen and oxygen atoms in total. The molecule has 0 aliphatic heterocycles. The van der Waals surface area contributed by atoms with Crippen molar-refractivity contribution in [2.24, 2.45) is 0 Å². The highest BCUT2D eigenvalue weighted by atomic mass is 16.3. The van der Waals surface area contributed by atoms with E-state index in [9.17, 15) is 0 Å². The number of para-hydroxylation sites is 1. The van der Waals surface area contributed by atoms with E-state index in [-0.39, 0.29) is 0 Å². The van der Waals surface area contributed by atoms with Crippen molar-refractivity contribution in [2.45, 2.75) is 38.5 Å². The van der Waals surface area contributed by atoms with Crippen molar-refractivity contribution in [3.8, 4) is 22.5 Å². The van der Waals surface area contributed by atoms with Gasteiger partial charge in [0.25, 0.3) is 0 Å². The van der Waals surface area contributed by atoms with E-state index < -0.39 is 0 Å². The van der Waals surface area contributed by atoms with Crippen molar-refractivity contribution in [2.75, 3.05) is 0 Å². The first kappa shape index (κ1) is 34.5. The normalized spacial score (nSPS) is 14.6. The van der Waals surface area contributed by atoms with Gasteiger partial charge >= 0.3 is 0 Å². The van der Waals surface area contributed by atoms with Gasteiger partial charge in [-0.2, -0.15) is 0 Å². The molecule has 0 radical (unpaired) electrons. The summed E-state index contributed by atoms with van der Waals surface area (Å²) in [6, 6.07) is 53.0. The van der Waals surface area contributed by atoms with Crippen LogP contribution in [0.4, 0.5) is 0 Å². The first-order chi connectivity index (χ1) is 30.2. The molecule has 0 fully saturated rings. The molecule has 0 unspecified atom stereocenters. The van der Waals surface area contributed by atoms with Gasteiger partial charge in [0.15, 0.2) is 0 Å². The minimum atomic E-state index is 0.905. The molecule has 0 saturated carbocycles. The summed E-state index contributed by atoms with van der Waals surface area (Å²) in [6.07, 6.45) is 15.4. The predicted octanol–water partition coefficient (Wildman–Crippen LogP) is 15.1. The Bertz CT molecular complexity index is 3550. The zero-order valence-electron chi connectivity index (χ0n) is 33.7. The third kappa shape index (κ3) is 5.57. The Hall–Kier alpha value is -7.36. The number of hydrogen-bond acceptors (Lipinski definition) is 3. The molecule has 0 N–H and O–H groups in total. The summed E-state index contributed by atoms with van der Waals surface area (Å²) in [4.78, 5) is 10.8. The summed E-state index contributed by atoms with van der Waals surface area (Å²) in [5, 5.41) is 8.44. The molecule has 3 aliphatic rings. The van der Waals surface area contributed by atoms with E-state index in [4.69, 9.17) is 14.4 Å². The number of allylic oxidation sites excluding steroid dienone is 3. The molecule has 3 aliphatic carbocycles. The van der Waals surface area contributed by atoms with Crippen LogP contribution >= 0.6 is 0 Å². The van der Waals surface area contributed by atoms with Gasteiger partial charge in [-0.3, -0.25) is 0 Å². The second kappa shape index (κ2) is 13.6. The van der Waals surface area contributed by atoms with Gasteiger partial charge in [0.05, 0.1) is 22.6 Å². The van der Waals surface area contributed by atoms with Gasteiger partial charge in [0.1, 0.15) is 11.2 Å². The number of rotatable bonds is 4. The number of benzene rings is 7. The van der Waals surface area contributed by atoms with Gasteiger partial charge in [-0.1, -0.05) is 127 Å². The average Bonchev–Trinajstić information content (AvgIpc) is 3.71. The van der Waals surface area contributed by atoms with Crippen LogP contribution in [0.3, 0.4) is 0 Å². The van der Waals surface area contributed by atoms with Crippen molar-refractivity contribution in [1.82, 2.24) is 9.97 Å². The van der Waals surface area contributed by atoms with Crippen LogP contribution in [0, 0.1) is 0 Å². The molecule has 0 bridgehead atoms. The molecule has 61 heavy (non-hydrogen) atoms. The highest BCUT2D eigenvalue weighted by Gasteiger charge is 2.24. The summed E-state index contributed by atoms with van der Waals surface area (Å²) in [5.41, 5.74) is 20.3. The van der Waals surface area contributed by atoms with E-state index in [0.29, 0.717) is 0 Å². The van der Waals surface area contributed by atoms with Crippen LogP contribution in [-0.2, 0) is 19.3 Å². The second-order valence-corrected chi connectivity index (χ2v) is 17.0. The maximum atomic E-state index is 6.65. The fraction of sp³-hybridized carbons (Fsp3) is 0.103. The lowest BCUT2D eigenvalue weighted by Gasteiger charge is -2.21. The lowest BCUT2D eigenvalue weighted by atomic mass is 9.84. The molecule has 0 saturated heterocycles. The van der Waals surface area contributed by atoms with E-state index in [1.807, 2.05) is 0 Å². The molecule has 288 valence electrons. The topological polar surface area (TPSA) is 38.9 Å². The van der Waals surface area contributed by atoms with Crippen LogP contribution in [0.1, 0.15) is 63.9 Å². The highest BCUT2D eigenvalue weighted by molar-refractivity contribution is 6.19. The van der Waals surface area contributed by atoms with Crippen LogP contribution in [0.5, 0.6) is 0 Å². The number of pyridine rings is 2. The Morgan fingerprint density at radius 1 is 0.443 bits per heavy atom. The zero-order chi connectivity index (χ0) is 40.0. The third-order valence-corrected chi connectivity index (χ3v) is 13.5. The minimum Gasteiger partial charge on any atom is -0.455 e. The summed E-state index contributed by atoms with van der Waals surface area (Å²) in [7, 11) is 0. The van der Waals surface area contributed by atoms with Gasteiger partial charge in [0.2, 0.25) is 0 Å². The predicted molar refractivity (Wildman–Crippen MR) is 255 cm³/mol. The monoisotopic (exact) mass is 780 g/mol. The smallest absolute Gasteiger partial charge is 0.143 e. The van der Waals surface area contributed by atoms with Crippen LogP contribution in [0.2, 0.25) is 0 Å². The first-order valence-electron chi connectivity index (χ1n) is 21.7. The van der Waals surface area contributed by atoms with Crippen molar-refractivity contribution >= 4 is 83.8 Å². The quantitative estimate of drug-likeness (QED) is 0.167. The molecule has 7 aromatic carbocycles. The Balaban J connectivity index is 0.891. The van der Waals surface area contributed by atoms with Crippen molar-refractivity contribution in [3.63, 3.8) is 0 Å². The number of hydrogen-bond donors (Lipinski definition) is 0. The summed E-state index contributed by atoms with van der Waals surface area (Å²) in [5.74, 6) is 0. The van der Waals surface area contributed by atoms with Gasteiger partial charge < -0.3 is 4.42 Å². The van der Waals surface area contributed by atoms with E-state index >= 15 is 0 Å². The standard InChI is InChI=1S/C58H40N2O/c1-3-11-37(12-4-1)56-48-28-27-46-45-17-9-10-18-54(45)61-58(46)55(48)47-26-25-43(34-52(47)59-56)36-21-19-35(20-22-36)41-23-24-42-30-49-50-31-39-15-7-8-16-40(39)33-53(50)60-57(38-13-5-2-6-14-38)51(49)32-44(42)29-41/h1-6,8-14,16-22,27-34H,7,15,23-26H2. The maximum absolute atomic E-state index is 6.65. The second-order valence-electron chi connectivity index (χ2n) is 17.0. The van der Waals surface area contributed by atoms with Crippen LogP contribution in [0.25, 0.3) is 106 Å². The van der Waals surface area contributed by atoms with E-state index in [2.05, 4.69) is 170 Å². The molecular weight excluding hydrogens is 741 g/mol. The first-order valence-corrected chi connectivity index (χ1v) is 21.7. The molecule has 10 aromatic rings. The number of aromatic nitrogens is 2. The largest absolute Gasteiger partial charge is 0.455 e. The SMILES string of the molecule is C1=Cc2cc3nc(-c4ccccc4)c4cc5c(cc4c3cc2CC1)CCC(c1ccc(C2=Cc3nc(-c4ccccc4)c4ccc6c7ccccc7oc6c4c3CC2)cc1)=C5. The molecular formula is C58H40N2O. The number of aryl methyl sites for hydroxylation is 3. The van der Waals surface area contributed by atoms with Gasteiger partial charge in [-0.15, -0.1) is 0 Å². The summed E-state index contributed by atoms with van der Waals surface area (Å²) in [6.45, 7) is 0. The summed E-state index contributed by atoms with van der Waals surface area (Å²) < 4.78 is 6.65. The molecule has 0 atom stereocenters. The van der Waals surface area contributed by atoms with Crippen molar-refractivity contribution in [3.05, 3.63) is 196 Å². The number of furan rings is 1. The Labute approximate surface area is 354 Å². The van der Waals surface area contributed by atoms with Crippen LogP contribution in [-0.4, -0.2) is 9.97 Å². The zero-order valence-corrected chi connectivity index (χ0v) is 33.7. The van der Waals surface area contributed by atoms with Crippen molar-refractivity contribution < 1.29 is 4.42 Å². The lowest BCUT2D eigenvalue weighted by Crippen LogP contribution is -2.05. The Kier molecular flexibility index (Phi) is 7.68.